The van der Waals surface area contributed by atoms with Gasteiger partial charge in [-0.3, -0.25) is 0 Å². The van der Waals surface area contributed by atoms with Gasteiger partial charge in [0.2, 0.25) is 0 Å². The highest BCUT2D eigenvalue weighted by molar-refractivity contribution is 6.29. The van der Waals surface area contributed by atoms with Gasteiger partial charge < -0.3 is 5.11 Å². The van der Waals surface area contributed by atoms with Crippen LogP contribution in [0.2, 0.25) is 5.15 Å². The number of nitrogens with zero attached hydrogens (tertiary/aromatic N) is 1. The van der Waals surface area contributed by atoms with E-state index in [0.29, 0.717) is 5.56 Å². The summed E-state index contributed by atoms with van der Waals surface area (Å²) in [6.45, 7) is -0.244. The van der Waals surface area contributed by atoms with Gasteiger partial charge >= 0.3 is 0 Å². The molecule has 88 valence electrons. The lowest BCUT2D eigenvalue weighted by atomic mass is 10.1. The van der Waals surface area contributed by atoms with Crippen LogP contribution in [0.1, 0.15) is 5.56 Å². The maximum Gasteiger partial charge on any atom is 0.168 e. The molecule has 1 heterocycles. The van der Waals surface area contributed by atoms with Gasteiger partial charge in [0.1, 0.15) is 5.15 Å². The Morgan fingerprint density at radius 1 is 1.24 bits per heavy atom. The molecular weight excluding hydrogens is 248 g/mol. The molecule has 2 nitrogen and oxygen atoms in total. The molecule has 0 radical (unpaired) electrons. The van der Waals surface area contributed by atoms with Gasteiger partial charge in [-0.15, -0.1) is 0 Å². The molecule has 1 aromatic heterocycles. The summed E-state index contributed by atoms with van der Waals surface area (Å²) in [5.41, 5.74) is 0.699. The van der Waals surface area contributed by atoms with Crippen LogP contribution >= 0.6 is 11.6 Å². The summed E-state index contributed by atoms with van der Waals surface area (Å²) in [5.74, 6) is -1.93. The van der Waals surface area contributed by atoms with Gasteiger partial charge in [-0.2, -0.15) is 0 Å². The van der Waals surface area contributed by atoms with Crippen LogP contribution in [0.5, 0.6) is 0 Å². The summed E-state index contributed by atoms with van der Waals surface area (Å²) in [6.07, 6.45) is 0. The van der Waals surface area contributed by atoms with Crippen LogP contribution in [0.15, 0.2) is 30.3 Å². The quantitative estimate of drug-likeness (QED) is 0.836. The molecule has 2 rings (SSSR count). The van der Waals surface area contributed by atoms with E-state index < -0.39 is 11.6 Å². The summed E-state index contributed by atoms with van der Waals surface area (Å²) in [6, 6.07) is 6.73. The van der Waals surface area contributed by atoms with Crippen molar-refractivity contribution in [3.05, 3.63) is 52.7 Å². The Bertz CT molecular complexity index is 560. The van der Waals surface area contributed by atoms with Crippen molar-refractivity contribution in [1.29, 1.82) is 0 Å². The second-order valence-corrected chi connectivity index (χ2v) is 3.83. The highest BCUT2D eigenvalue weighted by atomic mass is 35.5. The first kappa shape index (κ1) is 12.0. The van der Waals surface area contributed by atoms with Gasteiger partial charge in [0.05, 0.1) is 12.3 Å². The number of hydrogen-bond donors (Lipinski definition) is 1. The Morgan fingerprint density at radius 2 is 2.00 bits per heavy atom. The van der Waals surface area contributed by atoms with Gasteiger partial charge in [-0.1, -0.05) is 17.7 Å². The van der Waals surface area contributed by atoms with Crippen molar-refractivity contribution < 1.29 is 13.9 Å². The molecule has 0 saturated heterocycles. The standard InChI is InChI=1S/C12H8ClF2NO/c13-11-5-7(6-17)4-10(16-11)8-2-1-3-9(14)12(8)15/h1-5,17H,6H2. The van der Waals surface area contributed by atoms with Gasteiger partial charge in [0.15, 0.2) is 11.6 Å². The van der Waals surface area contributed by atoms with E-state index in [1.807, 2.05) is 0 Å². The number of rotatable bonds is 2. The van der Waals surface area contributed by atoms with Crippen LogP contribution in [0.25, 0.3) is 11.3 Å². The first-order valence-corrected chi connectivity index (χ1v) is 5.21. The lowest BCUT2D eigenvalue weighted by Gasteiger charge is -2.06. The zero-order valence-electron chi connectivity index (χ0n) is 8.62. The highest BCUT2D eigenvalue weighted by Gasteiger charge is 2.12. The van der Waals surface area contributed by atoms with Crippen LogP contribution in [0.3, 0.4) is 0 Å². The van der Waals surface area contributed by atoms with E-state index in [0.717, 1.165) is 6.07 Å². The molecule has 1 N–H and O–H groups in total. The Labute approximate surface area is 102 Å². The third-order valence-electron chi connectivity index (χ3n) is 2.26. The largest absolute Gasteiger partial charge is 0.392 e. The van der Waals surface area contributed by atoms with E-state index in [2.05, 4.69) is 4.98 Å². The smallest absolute Gasteiger partial charge is 0.168 e. The van der Waals surface area contributed by atoms with Crippen molar-refractivity contribution in [3.63, 3.8) is 0 Å². The van der Waals surface area contributed by atoms with E-state index >= 15 is 0 Å². The van der Waals surface area contributed by atoms with E-state index in [9.17, 15) is 8.78 Å². The molecule has 0 saturated carbocycles. The Morgan fingerprint density at radius 3 is 2.71 bits per heavy atom. The minimum absolute atomic E-state index is 0.0159. The van der Waals surface area contributed by atoms with Gasteiger partial charge in [0, 0.05) is 5.56 Å². The van der Waals surface area contributed by atoms with E-state index in [1.54, 1.807) is 0 Å². The van der Waals surface area contributed by atoms with Crippen molar-refractivity contribution >= 4 is 11.6 Å². The maximum absolute atomic E-state index is 13.5. The van der Waals surface area contributed by atoms with Gasteiger partial charge in [-0.25, -0.2) is 13.8 Å². The zero-order chi connectivity index (χ0) is 12.4. The summed E-state index contributed by atoms with van der Waals surface area (Å²) in [7, 11) is 0. The summed E-state index contributed by atoms with van der Waals surface area (Å²) in [5, 5.41) is 9.12. The lowest BCUT2D eigenvalue weighted by Crippen LogP contribution is -1.94. The molecule has 0 bridgehead atoms. The second-order valence-electron chi connectivity index (χ2n) is 3.44. The molecule has 0 unspecified atom stereocenters. The lowest BCUT2D eigenvalue weighted by molar-refractivity contribution is 0.282. The molecular formula is C12H8ClF2NO. The number of benzene rings is 1. The Balaban J connectivity index is 2.60. The topological polar surface area (TPSA) is 33.1 Å². The fourth-order valence-corrected chi connectivity index (χ4v) is 1.71. The summed E-state index contributed by atoms with van der Waals surface area (Å²) >= 11 is 5.73. The normalized spacial score (nSPS) is 10.6. The molecule has 0 fully saturated rings. The molecule has 1 aromatic carbocycles. The molecule has 0 aliphatic carbocycles. The van der Waals surface area contributed by atoms with Crippen LogP contribution in [-0.2, 0) is 6.61 Å². The van der Waals surface area contributed by atoms with Gasteiger partial charge in [-0.05, 0) is 29.8 Å². The van der Waals surface area contributed by atoms with Crippen LogP contribution in [0, 0.1) is 11.6 Å². The zero-order valence-corrected chi connectivity index (χ0v) is 9.38. The first-order valence-electron chi connectivity index (χ1n) is 4.83. The fourth-order valence-electron chi connectivity index (χ4n) is 1.48. The molecule has 0 spiro atoms. The van der Waals surface area contributed by atoms with Crippen molar-refractivity contribution in [2.24, 2.45) is 0 Å². The molecule has 5 heteroatoms. The number of hydrogen-bond acceptors (Lipinski definition) is 2. The third kappa shape index (κ3) is 2.43. The van der Waals surface area contributed by atoms with Crippen LogP contribution < -0.4 is 0 Å². The number of aliphatic hydroxyl groups excluding tert-OH is 1. The monoisotopic (exact) mass is 255 g/mol. The minimum Gasteiger partial charge on any atom is -0.392 e. The Kier molecular flexibility index (Phi) is 3.36. The maximum atomic E-state index is 13.5. The number of aliphatic hydroxyl groups is 1. The molecule has 0 amide bonds. The highest BCUT2D eigenvalue weighted by Crippen LogP contribution is 2.25. The number of pyridine rings is 1. The second kappa shape index (κ2) is 4.77. The van der Waals surface area contributed by atoms with E-state index in [1.165, 1.54) is 24.3 Å². The van der Waals surface area contributed by atoms with E-state index in [4.69, 9.17) is 16.7 Å². The average Bonchev–Trinajstić information content (AvgIpc) is 2.31. The van der Waals surface area contributed by atoms with Crippen LogP contribution in [0.4, 0.5) is 8.78 Å². The molecule has 0 aliphatic heterocycles. The van der Waals surface area contributed by atoms with Crippen molar-refractivity contribution in [2.45, 2.75) is 6.61 Å². The summed E-state index contributed by atoms with van der Waals surface area (Å²) in [4.78, 5) is 3.90. The summed E-state index contributed by atoms with van der Waals surface area (Å²) < 4.78 is 26.6. The Hall–Kier alpha value is -1.52. The predicted octanol–water partition coefficient (Wildman–Crippen LogP) is 3.17. The SMILES string of the molecule is OCc1cc(Cl)nc(-c2cccc(F)c2F)c1. The number of halogens is 3. The number of aromatic nitrogens is 1. The minimum atomic E-state index is -0.980. The molecule has 17 heavy (non-hydrogen) atoms. The first-order chi connectivity index (χ1) is 8.11. The van der Waals surface area contributed by atoms with Gasteiger partial charge in [0.25, 0.3) is 0 Å². The molecule has 2 aromatic rings. The average molecular weight is 256 g/mol. The van der Waals surface area contributed by atoms with E-state index in [-0.39, 0.29) is 23.0 Å². The van der Waals surface area contributed by atoms with Crippen molar-refractivity contribution in [2.75, 3.05) is 0 Å². The van der Waals surface area contributed by atoms with Crippen molar-refractivity contribution in [3.8, 4) is 11.3 Å². The van der Waals surface area contributed by atoms with Crippen molar-refractivity contribution in [1.82, 2.24) is 4.98 Å². The van der Waals surface area contributed by atoms with Crippen LogP contribution in [-0.4, -0.2) is 10.1 Å². The molecule has 0 atom stereocenters. The predicted molar refractivity (Wildman–Crippen MR) is 60.5 cm³/mol. The fraction of sp³-hybridized carbons (Fsp3) is 0.0833. The molecule has 0 aliphatic rings. The third-order valence-corrected chi connectivity index (χ3v) is 2.46.